The van der Waals surface area contributed by atoms with E-state index in [0.29, 0.717) is 6.42 Å². The number of nitrogens with zero attached hydrogens (tertiary/aromatic N) is 1. The third-order valence-electron chi connectivity index (χ3n) is 2.96. The highest BCUT2D eigenvalue weighted by Gasteiger charge is 2.13. The molecule has 1 aromatic carbocycles. The molecule has 0 amide bonds. The van der Waals surface area contributed by atoms with E-state index >= 15 is 0 Å². The average Bonchev–Trinajstić information content (AvgIpc) is 2.47. The smallest absolute Gasteiger partial charge is 0.141 e. The van der Waals surface area contributed by atoms with Crippen LogP contribution in [0.15, 0.2) is 42.6 Å². The van der Waals surface area contributed by atoms with Crippen molar-refractivity contribution in [3.63, 3.8) is 0 Å². The first-order valence-corrected chi connectivity index (χ1v) is 6.12. The standard InChI is InChI=1S/C15H18N2O2/c1-18-12-6-3-5-11(9-12)10-13(16)15-14(19-2)7-4-8-17-15/h3-9,13H,10,16H2,1-2H3. The minimum atomic E-state index is -0.205. The molecule has 1 heterocycles. The fraction of sp³-hybridized carbons (Fsp3) is 0.267. The Balaban J connectivity index is 2.18. The maximum Gasteiger partial charge on any atom is 0.141 e. The zero-order chi connectivity index (χ0) is 13.7. The van der Waals surface area contributed by atoms with Gasteiger partial charge in [0.1, 0.15) is 11.5 Å². The van der Waals surface area contributed by atoms with Gasteiger partial charge in [-0.25, -0.2) is 0 Å². The van der Waals surface area contributed by atoms with E-state index < -0.39 is 0 Å². The SMILES string of the molecule is COc1cccc(CC(N)c2ncccc2OC)c1. The lowest BCUT2D eigenvalue weighted by Gasteiger charge is -2.14. The highest BCUT2D eigenvalue weighted by Crippen LogP contribution is 2.24. The highest BCUT2D eigenvalue weighted by molar-refractivity contribution is 5.33. The molecule has 2 rings (SSSR count). The normalized spacial score (nSPS) is 11.9. The minimum Gasteiger partial charge on any atom is -0.497 e. The number of hydrogen-bond donors (Lipinski definition) is 1. The molecule has 2 aromatic rings. The van der Waals surface area contributed by atoms with Gasteiger partial charge >= 0.3 is 0 Å². The quantitative estimate of drug-likeness (QED) is 0.894. The maximum absolute atomic E-state index is 6.21. The maximum atomic E-state index is 6.21. The van der Waals surface area contributed by atoms with Crippen LogP contribution in [0.1, 0.15) is 17.3 Å². The first-order valence-electron chi connectivity index (χ1n) is 6.12. The Morgan fingerprint density at radius 2 is 2.00 bits per heavy atom. The molecule has 0 fully saturated rings. The van der Waals surface area contributed by atoms with E-state index in [9.17, 15) is 0 Å². The Morgan fingerprint density at radius 1 is 1.16 bits per heavy atom. The second-order valence-corrected chi connectivity index (χ2v) is 4.25. The van der Waals surface area contributed by atoms with Gasteiger partial charge in [-0.1, -0.05) is 12.1 Å². The van der Waals surface area contributed by atoms with Crippen LogP contribution in [-0.2, 0) is 6.42 Å². The molecule has 0 radical (unpaired) electrons. The van der Waals surface area contributed by atoms with E-state index in [-0.39, 0.29) is 6.04 Å². The van der Waals surface area contributed by atoms with Gasteiger partial charge in [-0.05, 0) is 36.2 Å². The van der Waals surface area contributed by atoms with Crippen molar-refractivity contribution in [3.05, 3.63) is 53.9 Å². The lowest BCUT2D eigenvalue weighted by molar-refractivity contribution is 0.401. The summed E-state index contributed by atoms with van der Waals surface area (Å²) < 4.78 is 10.5. The molecule has 4 heteroatoms. The fourth-order valence-corrected chi connectivity index (χ4v) is 2.00. The topological polar surface area (TPSA) is 57.4 Å². The van der Waals surface area contributed by atoms with Gasteiger partial charge in [0.05, 0.1) is 26.0 Å². The zero-order valence-corrected chi connectivity index (χ0v) is 11.2. The van der Waals surface area contributed by atoms with Gasteiger partial charge in [0.15, 0.2) is 0 Å². The second kappa shape index (κ2) is 6.20. The molecular weight excluding hydrogens is 240 g/mol. The molecule has 2 N–H and O–H groups in total. The Labute approximate surface area is 113 Å². The summed E-state index contributed by atoms with van der Waals surface area (Å²) in [7, 11) is 3.28. The van der Waals surface area contributed by atoms with Crippen molar-refractivity contribution in [2.45, 2.75) is 12.5 Å². The lowest BCUT2D eigenvalue weighted by Crippen LogP contribution is -2.16. The predicted octanol–water partition coefficient (Wildman–Crippen LogP) is 2.34. The summed E-state index contributed by atoms with van der Waals surface area (Å²) in [5, 5.41) is 0. The van der Waals surface area contributed by atoms with Crippen LogP contribution in [0.5, 0.6) is 11.5 Å². The number of methoxy groups -OCH3 is 2. The molecular formula is C15H18N2O2. The molecule has 19 heavy (non-hydrogen) atoms. The molecule has 0 bridgehead atoms. The van der Waals surface area contributed by atoms with Gasteiger partial charge in [0.2, 0.25) is 0 Å². The van der Waals surface area contributed by atoms with E-state index in [1.54, 1.807) is 20.4 Å². The van der Waals surface area contributed by atoms with Crippen molar-refractivity contribution in [3.8, 4) is 11.5 Å². The first kappa shape index (κ1) is 13.4. The van der Waals surface area contributed by atoms with Gasteiger partial charge in [0, 0.05) is 6.20 Å². The van der Waals surface area contributed by atoms with Crippen LogP contribution >= 0.6 is 0 Å². The van der Waals surface area contributed by atoms with Crippen LogP contribution in [0, 0.1) is 0 Å². The molecule has 0 aliphatic carbocycles. The van der Waals surface area contributed by atoms with Crippen molar-refractivity contribution >= 4 is 0 Å². The monoisotopic (exact) mass is 258 g/mol. The van der Waals surface area contributed by atoms with Crippen LogP contribution in [0.25, 0.3) is 0 Å². The lowest BCUT2D eigenvalue weighted by atomic mass is 10.0. The predicted molar refractivity (Wildman–Crippen MR) is 74.4 cm³/mol. The molecule has 1 aromatic heterocycles. The number of benzene rings is 1. The van der Waals surface area contributed by atoms with Gasteiger partial charge < -0.3 is 15.2 Å². The molecule has 0 saturated carbocycles. The fourth-order valence-electron chi connectivity index (χ4n) is 2.00. The Kier molecular flexibility index (Phi) is 4.36. The second-order valence-electron chi connectivity index (χ2n) is 4.25. The van der Waals surface area contributed by atoms with Crippen LogP contribution in [0.4, 0.5) is 0 Å². The largest absolute Gasteiger partial charge is 0.497 e. The number of hydrogen-bond acceptors (Lipinski definition) is 4. The van der Waals surface area contributed by atoms with Gasteiger partial charge in [-0.15, -0.1) is 0 Å². The average molecular weight is 258 g/mol. The third-order valence-corrected chi connectivity index (χ3v) is 2.96. The summed E-state index contributed by atoms with van der Waals surface area (Å²) in [4.78, 5) is 4.31. The summed E-state index contributed by atoms with van der Waals surface area (Å²) in [6, 6.07) is 11.4. The zero-order valence-electron chi connectivity index (χ0n) is 11.2. The molecule has 100 valence electrons. The molecule has 0 spiro atoms. The molecule has 4 nitrogen and oxygen atoms in total. The summed E-state index contributed by atoms with van der Waals surface area (Å²) in [6.45, 7) is 0. The van der Waals surface area contributed by atoms with Crippen molar-refractivity contribution in [2.75, 3.05) is 14.2 Å². The van der Waals surface area contributed by atoms with Crippen molar-refractivity contribution in [1.29, 1.82) is 0 Å². The number of rotatable bonds is 5. The number of nitrogens with two attached hydrogens (primary N) is 1. The summed E-state index contributed by atoms with van der Waals surface area (Å²) in [5.74, 6) is 1.55. The van der Waals surface area contributed by atoms with Crippen LogP contribution in [0.3, 0.4) is 0 Å². The summed E-state index contributed by atoms with van der Waals surface area (Å²) in [5.41, 5.74) is 8.09. The molecule has 1 unspecified atom stereocenters. The molecule has 1 atom stereocenters. The van der Waals surface area contributed by atoms with Crippen LogP contribution in [-0.4, -0.2) is 19.2 Å². The van der Waals surface area contributed by atoms with E-state index in [2.05, 4.69) is 4.98 Å². The van der Waals surface area contributed by atoms with E-state index in [4.69, 9.17) is 15.2 Å². The van der Waals surface area contributed by atoms with E-state index in [0.717, 1.165) is 22.8 Å². The van der Waals surface area contributed by atoms with Crippen molar-refractivity contribution in [1.82, 2.24) is 4.98 Å². The summed E-state index contributed by atoms with van der Waals surface area (Å²) >= 11 is 0. The van der Waals surface area contributed by atoms with Crippen molar-refractivity contribution in [2.24, 2.45) is 5.73 Å². The van der Waals surface area contributed by atoms with Crippen LogP contribution in [0.2, 0.25) is 0 Å². The molecule has 0 aliphatic rings. The Hall–Kier alpha value is -2.07. The number of pyridine rings is 1. The van der Waals surface area contributed by atoms with Crippen molar-refractivity contribution < 1.29 is 9.47 Å². The van der Waals surface area contributed by atoms with E-state index in [1.807, 2.05) is 36.4 Å². The highest BCUT2D eigenvalue weighted by atomic mass is 16.5. The van der Waals surface area contributed by atoms with Gasteiger partial charge in [-0.3, -0.25) is 4.98 Å². The Morgan fingerprint density at radius 3 is 2.74 bits per heavy atom. The molecule has 0 saturated heterocycles. The minimum absolute atomic E-state index is 0.205. The summed E-state index contributed by atoms with van der Waals surface area (Å²) in [6.07, 6.45) is 2.41. The third kappa shape index (κ3) is 3.23. The van der Waals surface area contributed by atoms with E-state index in [1.165, 1.54) is 0 Å². The van der Waals surface area contributed by atoms with Crippen LogP contribution < -0.4 is 15.2 Å². The number of ether oxygens (including phenoxy) is 2. The first-order chi connectivity index (χ1) is 9.24. The molecule has 0 aliphatic heterocycles. The number of aromatic nitrogens is 1. The van der Waals surface area contributed by atoms with Gasteiger partial charge in [0.25, 0.3) is 0 Å². The Bertz CT molecular complexity index is 543. The van der Waals surface area contributed by atoms with Gasteiger partial charge in [-0.2, -0.15) is 0 Å².